The number of benzene rings is 4. The normalized spacial score (nSPS) is 33.2. The van der Waals surface area contributed by atoms with Gasteiger partial charge in [-0.2, -0.15) is 0 Å². The average Bonchev–Trinajstić information content (AvgIpc) is 3.11. The second-order valence-corrected chi connectivity index (χ2v) is 17.5. The van der Waals surface area contributed by atoms with Crippen molar-refractivity contribution in [2.75, 3.05) is 0 Å². The van der Waals surface area contributed by atoms with Gasteiger partial charge < -0.3 is 19.7 Å². The Bertz CT molecular complexity index is 1930. The molecule has 0 heterocycles. The lowest BCUT2D eigenvalue weighted by molar-refractivity contribution is -0.234. The Morgan fingerprint density at radius 3 is 1.38 bits per heavy atom. The number of aromatic carboxylic acids is 2. The van der Waals surface area contributed by atoms with Gasteiger partial charge in [-0.05, 0) is 177 Å². The van der Waals surface area contributed by atoms with Crippen LogP contribution in [0.5, 0.6) is 23.0 Å². The van der Waals surface area contributed by atoms with Crippen molar-refractivity contribution in [2.45, 2.75) is 76.0 Å². The summed E-state index contributed by atoms with van der Waals surface area (Å²) >= 11 is 0. The average molecular weight is 695 g/mol. The van der Waals surface area contributed by atoms with Crippen LogP contribution in [0.3, 0.4) is 0 Å². The van der Waals surface area contributed by atoms with Crippen LogP contribution in [0.4, 0.5) is 0 Å². The molecule has 0 saturated heterocycles. The summed E-state index contributed by atoms with van der Waals surface area (Å²) in [7, 11) is 0. The fourth-order valence-corrected chi connectivity index (χ4v) is 14.1. The Balaban J connectivity index is 1.18. The first-order chi connectivity index (χ1) is 25.2. The highest BCUT2D eigenvalue weighted by Gasteiger charge is 2.74. The number of hydrogen-bond donors (Lipinski definition) is 2. The molecular weight excluding hydrogens is 648 g/mol. The van der Waals surface area contributed by atoms with Crippen molar-refractivity contribution in [1.29, 1.82) is 0 Å². The first-order valence-electron chi connectivity index (χ1n) is 19.5. The maximum atomic E-state index is 12.2. The summed E-state index contributed by atoms with van der Waals surface area (Å²) in [5.41, 5.74) is 2.82. The molecule has 0 spiro atoms. The molecule has 0 aliphatic heterocycles. The van der Waals surface area contributed by atoms with Gasteiger partial charge in [0.2, 0.25) is 0 Å². The van der Waals surface area contributed by atoms with Gasteiger partial charge in [-0.25, -0.2) is 9.59 Å². The zero-order chi connectivity index (χ0) is 35.2. The van der Waals surface area contributed by atoms with Gasteiger partial charge in [0.15, 0.2) is 0 Å². The van der Waals surface area contributed by atoms with Crippen LogP contribution >= 0.6 is 0 Å². The van der Waals surface area contributed by atoms with Crippen LogP contribution in [-0.2, 0) is 5.41 Å². The van der Waals surface area contributed by atoms with Crippen molar-refractivity contribution in [3.05, 3.63) is 119 Å². The Kier molecular flexibility index (Phi) is 7.23. The molecule has 0 amide bonds. The topological polar surface area (TPSA) is 93.1 Å². The van der Waals surface area contributed by atoms with Crippen molar-refractivity contribution >= 4 is 11.9 Å². The molecule has 2 atom stereocenters. The van der Waals surface area contributed by atoms with Gasteiger partial charge in [-0.3, -0.25) is 0 Å². The summed E-state index contributed by atoms with van der Waals surface area (Å²) in [4.78, 5) is 24.3. The third kappa shape index (κ3) is 4.68. The zero-order valence-corrected chi connectivity index (χ0v) is 29.5. The van der Waals surface area contributed by atoms with E-state index in [9.17, 15) is 19.8 Å². The SMILES string of the molecule is O=C(O)c1ccccc1Oc1cccc(C2(c3cccc(Oc4ccccc4C(=O)O)c3)C3CC4CC(C3)CC2(C23CC5CC(CC(C5)C2)C3)C4)c1. The third-order valence-corrected chi connectivity index (χ3v) is 14.9. The van der Waals surface area contributed by atoms with Crippen LogP contribution in [0, 0.1) is 46.3 Å². The van der Waals surface area contributed by atoms with Gasteiger partial charge in [0, 0.05) is 5.41 Å². The molecule has 6 heteroatoms. The highest BCUT2D eigenvalue weighted by molar-refractivity contribution is 5.91. The predicted octanol–water partition coefficient (Wildman–Crippen LogP) is 11.0. The summed E-state index contributed by atoms with van der Waals surface area (Å²) in [5.74, 6) is 4.36. The molecule has 12 rings (SSSR count). The van der Waals surface area contributed by atoms with Crippen molar-refractivity contribution in [1.82, 2.24) is 0 Å². The molecule has 52 heavy (non-hydrogen) atoms. The number of ether oxygens (including phenoxy) is 2. The fraction of sp³-hybridized carbons (Fsp3) is 0.435. The molecule has 8 aliphatic carbocycles. The lowest BCUT2D eigenvalue weighted by atomic mass is 9.27. The lowest BCUT2D eigenvalue weighted by Crippen LogP contribution is -2.71. The molecule has 0 radical (unpaired) electrons. The van der Waals surface area contributed by atoms with Crippen molar-refractivity contribution in [3.8, 4) is 23.0 Å². The first kappa shape index (κ1) is 32.1. The monoisotopic (exact) mass is 694 g/mol. The summed E-state index contributed by atoms with van der Waals surface area (Å²) < 4.78 is 13.0. The molecule has 2 unspecified atom stereocenters. The lowest BCUT2D eigenvalue weighted by Gasteiger charge is -2.77. The molecule has 266 valence electrons. The predicted molar refractivity (Wildman–Crippen MR) is 197 cm³/mol. The number of rotatable bonds is 9. The molecule has 4 aromatic carbocycles. The van der Waals surface area contributed by atoms with Crippen molar-refractivity contribution in [2.24, 2.45) is 46.3 Å². The first-order valence-corrected chi connectivity index (χ1v) is 19.5. The molecule has 6 nitrogen and oxygen atoms in total. The summed E-state index contributed by atoms with van der Waals surface area (Å²) in [6.07, 6.45) is 14.4. The van der Waals surface area contributed by atoms with Crippen LogP contribution in [0.1, 0.15) is 102 Å². The fourth-order valence-electron chi connectivity index (χ4n) is 14.1. The smallest absolute Gasteiger partial charge is 0.339 e. The van der Waals surface area contributed by atoms with E-state index in [1.165, 1.54) is 81.8 Å². The van der Waals surface area contributed by atoms with Gasteiger partial charge >= 0.3 is 11.9 Å². The molecule has 4 aromatic rings. The molecular formula is C46H46O6. The van der Waals surface area contributed by atoms with E-state index >= 15 is 0 Å². The van der Waals surface area contributed by atoms with E-state index in [4.69, 9.17) is 9.47 Å². The van der Waals surface area contributed by atoms with E-state index in [0.29, 0.717) is 28.9 Å². The third-order valence-electron chi connectivity index (χ3n) is 14.9. The van der Waals surface area contributed by atoms with Gasteiger partial charge in [0.05, 0.1) is 0 Å². The molecule has 8 fully saturated rings. The van der Waals surface area contributed by atoms with E-state index in [1.54, 1.807) is 36.4 Å². The number of carboxylic acids is 2. The Hall–Kier alpha value is -4.58. The van der Waals surface area contributed by atoms with Crippen LogP contribution in [0.2, 0.25) is 0 Å². The highest BCUT2D eigenvalue weighted by atomic mass is 16.5. The number of para-hydroxylation sites is 2. The molecule has 8 saturated carbocycles. The van der Waals surface area contributed by atoms with Crippen molar-refractivity contribution < 1.29 is 29.3 Å². The number of carboxylic acid groups (broad SMARTS) is 2. The van der Waals surface area contributed by atoms with Crippen LogP contribution in [0.25, 0.3) is 0 Å². The summed E-state index contributed by atoms with van der Waals surface area (Å²) in [6, 6.07) is 31.0. The van der Waals surface area contributed by atoms with E-state index in [1.807, 2.05) is 24.3 Å². The minimum Gasteiger partial charge on any atom is -0.478 e. The van der Waals surface area contributed by atoms with E-state index in [-0.39, 0.29) is 27.4 Å². The Morgan fingerprint density at radius 2 is 0.942 bits per heavy atom. The van der Waals surface area contributed by atoms with Gasteiger partial charge in [-0.15, -0.1) is 0 Å². The van der Waals surface area contributed by atoms with Crippen LogP contribution < -0.4 is 9.47 Å². The number of carbonyl (C=O) groups is 2. The van der Waals surface area contributed by atoms with Crippen LogP contribution in [0.15, 0.2) is 97.1 Å². The minimum absolute atomic E-state index is 0.0555. The van der Waals surface area contributed by atoms with Gasteiger partial charge in [0.25, 0.3) is 0 Å². The standard InChI is InChI=1S/C46H46O6/c47-42(48)38-11-1-3-13-40(38)51-36-9-5-7-33(21-36)46(34-8-6-10-37(22-34)52-41-14-4-2-12-39(41)43(49)50)35-19-31-18-32(20-35)27-45(46,26-31)44-23-28-15-29(24-44)17-30(16-28)25-44/h1-14,21-22,28-32,35H,15-20,23-27H2,(H,47,48)(H,49,50). The second kappa shape index (κ2) is 11.7. The molecule has 0 aromatic heterocycles. The quantitative estimate of drug-likeness (QED) is 0.181. The van der Waals surface area contributed by atoms with Gasteiger partial charge in [0.1, 0.15) is 34.1 Å². The maximum Gasteiger partial charge on any atom is 0.339 e. The van der Waals surface area contributed by atoms with E-state index in [0.717, 1.165) is 29.6 Å². The molecule has 2 N–H and O–H groups in total. The largest absolute Gasteiger partial charge is 0.478 e. The summed E-state index contributed by atoms with van der Waals surface area (Å²) in [5, 5.41) is 19.9. The highest BCUT2D eigenvalue weighted by Crippen LogP contribution is 2.81. The zero-order valence-electron chi connectivity index (χ0n) is 29.5. The minimum atomic E-state index is -1.01. The van der Waals surface area contributed by atoms with Crippen molar-refractivity contribution in [3.63, 3.8) is 0 Å². The van der Waals surface area contributed by atoms with E-state index in [2.05, 4.69) is 36.4 Å². The molecule has 8 bridgehead atoms. The van der Waals surface area contributed by atoms with Crippen LogP contribution in [-0.4, -0.2) is 22.2 Å². The Morgan fingerprint density at radius 1 is 0.519 bits per heavy atom. The Labute approximate surface area is 305 Å². The van der Waals surface area contributed by atoms with E-state index < -0.39 is 11.9 Å². The summed E-state index contributed by atoms with van der Waals surface area (Å²) in [6.45, 7) is 0. The molecule has 8 aliphatic rings. The number of hydrogen-bond acceptors (Lipinski definition) is 4. The van der Waals surface area contributed by atoms with Gasteiger partial charge in [-0.1, -0.05) is 48.5 Å². The second-order valence-electron chi connectivity index (χ2n) is 17.5. The maximum absolute atomic E-state index is 12.2.